The fraction of sp³-hybridized carbons (Fsp3) is 0.900. The van der Waals surface area contributed by atoms with Crippen LogP contribution in [-0.4, -0.2) is 12.9 Å². The zero-order valence-corrected chi connectivity index (χ0v) is 8.14. The standard InChI is InChI=1S/C10H19O2/c1-3-11-9(2)12-10-7-5-4-6-8-10/h9H,3-8H2,1-2H3. The van der Waals surface area contributed by atoms with Gasteiger partial charge >= 0.3 is 0 Å². The maximum absolute atomic E-state index is 5.63. The van der Waals surface area contributed by atoms with Gasteiger partial charge in [-0.2, -0.15) is 0 Å². The molecule has 0 aromatic carbocycles. The molecule has 12 heavy (non-hydrogen) atoms. The smallest absolute Gasteiger partial charge is 0.155 e. The Hall–Kier alpha value is -0.0800. The van der Waals surface area contributed by atoms with Crippen LogP contribution in [0.2, 0.25) is 0 Å². The second kappa shape index (κ2) is 5.55. The van der Waals surface area contributed by atoms with Gasteiger partial charge in [0, 0.05) is 6.61 Å². The molecule has 0 aliphatic heterocycles. The average molecular weight is 171 g/mol. The normalized spacial score (nSPS) is 22.5. The molecule has 71 valence electrons. The molecule has 0 bridgehead atoms. The second-order valence-corrected chi connectivity index (χ2v) is 3.24. The molecular weight excluding hydrogens is 152 g/mol. The number of ether oxygens (including phenoxy) is 2. The molecule has 0 spiro atoms. The van der Waals surface area contributed by atoms with Gasteiger partial charge < -0.3 is 9.47 Å². The number of hydrogen-bond acceptors (Lipinski definition) is 2. The van der Waals surface area contributed by atoms with Crippen LogP contribution < -0.4 is 0 Å². The largest absolute Gasteiger partial charge is 0.353 e. The summed E-state index contributed by atoms with van der Waals surface area (Å²) in [5.74, 6) is 0. The van der Waals surface area contributed by atoms with Crippen LogP contribution in [0.25, 0.3) is 0 Å². The van der Waals surface area contributed by atoms with Crippen LogP contribution in [0.4, 0.5) is 0 Å². The van der Waals surface area contributed by atoms with Crippen LogP contribution in [0.1, 0.15) is 46.0 Å². The zero-order chi connectivity index (χ0) is 8.81. The molecule has 1 atom stereocenters. The van der Waals surface area contributed by atoms with Crippen molar-refractivity contribution in [3.05, 3.63) is 6.10 Å². The first kappa shape index (κ1) is 10.0. The third kappa shape index (κ3) is 3.55. The summed E-state index contributed by atoms with van der Waals surface area (Å²) in [6.45, 7) is 4.69. The summed E-state index contributed by atoms with van der Waals surface area (Å²) in [5, 5.41) is 0. The van der Waals surface area contributed by atoms with Gasteiger partial charge in [-0.05, 0) is 26.7 Å². The Kier molecular flexibility index (Phi) is 4.62. The molecule has 0 amide bonds. The van der Waals surface area contributed by atoms with Gasteiger partial charge in [-0.1, -0.05) is 19.3 Å². The molecule has 1 aliphatic rings. The highest BCUT2D eigenvalue weighted by molar-refractivity contribution is 4.82. The van der Waals surface area contributed by atoms with Gasteiger partial charge in [-0.15, -0.1) is 0 Å². The maximum Gasteiger partial charge on any atom is 0.155 e. The topological polar surface area (TPSA) is 18.5 Å². The van der Waals surface area contributed by atoms with E-state index in [0.29, 0.717) is 0 Å². The lowest BCUT2D eigenvalue weighted by molar-refractivity contribution is -0.127. The highest BCUT2D eigenvalue weighted by Crippen LogP contribution is 2.27. The molecule has 2 heteroatoms. The first-order valence-electron chi connectivity index (χ1n) is 4.96. The van der Waals surface area contributed by atoms with E-state index >= 15 is 0 Å². The van der Waals surface area contributed by atoms with E-state index < -0.39 is 0 Å². The third-order valence-corrected chi connectivity index (χ3v) is 2.15. The van der Waals surface area contributed by atoms with Crippen LogP contribution in [0, 0.1) is 6.10 Å². The van der Waals surface area contributed by atoms with Crippen LogP contribution in [-0.2, 0) is 9.47 Å². The first-order chi connectivity index (χ1) is 5.83. The van der Waals surface area contributed by atoms with E-state index in [9.17, 15) is 0 Å². The molecule has 2 nitrogen and oxygen atoms in total. The summed E-state index contributed by atoms with van der Waals surface area (Å²) >= 11 is 0. The molecule has 1 rings (SSSR count). The number of hydrogen-bond donors (Lipinski definition) is 0. The van der Waals surface area contributed by atoms with Crippen molar-refractivity contribution in [2.24, 2.45) is 0 Å². The van der Waals surface area contributed by atoms with Gasteiger partial charge in [-0.25, -0.2) is 0 Å². The molecule has 1 saturated carbocycles. The van der Waals surface area contributed by atoms with Crippen LogP contribution in [0.3, 0.4) is 0 Å². The van der Waals surface area contributed by atoms with E-state index in [-0.39, 0.29) is 6.29 Å². The Morgan fingerprint density at radius 2 is 1.92 bits per heavy atom. The molecule has 1 aliphatic carbocycles. The lowest BCUT2D eigenvalue weighted by Crippen LogP contribution is -2.18. The van der Waals surface area contributed by atoms with Crippen molar-refractivity contribution in [2.45, 2.75) is 52.2 Å². The zero-order valence-electron chi connectivity index (χ0n) is 8.14. The van der Waals surface area contributed by atoms with Crippen molar-refractivity contribution in [3.8, 4) is 0 Å². The Morgan fingerprint density at radius 3 is 2.50 bits per heavy atom. The van der Waals surface area contributed by atoms with Gasteiger partial charge in [0.2, 0.25) is 0 Å². The van der Waals surface area contributed by atoms with E-state index in [0.717, 1.165) is 19.4 Å². The van der Waals surface area contributed by atoms with Crippen molar-refractivity contribution in [1.82, 2.24) is 0 Å². The van der Waals surface area contributed by atoms with Gasteiger partial charge in [0.25, 0.3) is 0 Å². The summed E-state index contributed by atoms with van der Waals surface area (Å²) in [6.07, 6.45) is 7.39. The predicted molar refractivity (Wildman–Crippen MR) is 48.5 cm³/mol. The molecule has 1 fully saturated rings. The minimum absolute atomic E-state index is 0.0527. The summed E-state index contributed by atoms with van der Waals surface area (Å²) < 4.78 is 10.9. The molecule has 0 aromatic heterocycles. The van der Waals surface area contributed by atoms with Gasteiger partial charge in [-0.3, -0.25) is 0 Å². The van der Waals surface area contributed by atoms with Crippen LogP contribution >= 0.6 is 0 Å². The molecule has 0 saturated heterocycles. The minimum Gasteiger partial charge on any atom is -0.353 e. The van der Waals surface area contributed by atoms with E-state index in [4.69, 9.17) is 9.47 Å². The molecule has 0 heterocycles. The Labute approximate surface area is 75.2 Å². The van der Waals surface area contributed by atoms with Crippen molar-refractivity contribution < 1.29 is 9.47 Å². The quantitative estimate of drug-likeness (QED) is 0.605. The molecule has 0 aromatic rings. The highest BCUT2D eigenvalue weighted by atomic mass is 16.7. The fourth-order valence-electron chi connectivity index (χ4n) is 1.57. The van der Waals surface area contributed by atoms with E-state index in [1.807, 2.05) is 13.8 Å². The van der Waals surface area contributed by atoms with Crippen molar-refractivity contribution >= 4 is 0 Å². The van der Waals surface area contributed by atoms with Crippen molar-refractivity contribution in [1.29, 1.82) is 0 Å². The molecule has 1 radical (unpaired) electrons. The summed E-state index contributed by atoms with van der Waals surface area (Å²) in [4.78, 5) is 0. The summed E-state index contributed by atoms with van der Waals surface area (Å²) in [5.41, 5.74) is 0. The monoisotopic (exact) mass is 171 g/mol. The van der Waals surface area contributed by atoms with E-state index in [1.54, 1.807) is 0 Å². The lowest BCUT2D eigenvalue weighted by Gasteiger charge is -2.24. The average Bonchev–Trinajstić information content (AvgIpc) is 2.06. The summed E-state index contributed by atoms with van der Waals surface area (Å²) in [6, 6.07) is 0. The lowest BCUT2D eigenvalue weighted by atomic mass is 9.98. The Morgan fingerprint density at radius 1 is 1.25 bits per heavy atom. The van der Waals surface area contributed by atoms with Gasteiger partial charge in [0.1, 0.15) is 6.10 Å². The van der Waals surface area contributed by atoms with Gasteiger partial charge in [0.05, 0.1) is 0 Å². The van der Waals surface area contributed by atoms with Crippen LogP contribution in [0.15, 0.2) is 0 Å². The summed E-state index contributed by atoms with van der Waals surface area (Å²) in [7, 11) is 0. The second-order valence-electron chi connectivity index (χ2n) is 3.24. The Balaban J connectivity index is 2.11. The fourth-order valence-corrected chi connectivity index (χ4v) is 1.57. The highest BCUT2D eigenvalue weighted by Gasteiger charge is 2.17. The van der Waals surface area contributed by atoms with Crippen LogP contribution in [0.5, 0.6) is 0 Å². The maximum atomic E-state index is 5.63. The predicted octanol–water partition coefficient (Wildman–Crippen LogP) is 2.88. The SMILES string of the molecule is CCOC(C)O[C]1CCCCC1. The van der Waals surface area contributed by atoms with Crippen molar-refractivity contribution in [2.75, 3.05) is 6.61 Å². The minimum atomic E-state index is -0.0527. The van der Waals surface area contributed by atoms with Crippen molar-refractivity contribution in [3.63, 3.8) is 0 Å². The van der Waals surface area contributed by atoms with E-state index in [2.05, 4.69) is 0 Å². The van der Waals surface area contributed by atoms with Gasteiger partial charge in [0.15, 0.2) is 6.29 Å². The molecular formula is C10H19O2. The first-order valence-corrected chi connectivity index (χ1v) is 4.96. The Bertz CT molecular complexity index is 108. The number of rotatable bonds is 4. The third-order valence-electron chi connectivity index (χ3n) is 2.15. The van der Waals surface area contributed by atoms with E-state index in [1.165, 1.54) is 25.4 Å². The molecule has 1 unspecified atom stereocenters. The molecule has 0 N–H and O–H groups in total.